The molecule has 1 atom stereocenters. The number of anilines is 1. The quantitative estimate of drug-likeness (QED) is 0.660. The summed E-state index contributed by atoms with van der Waals surface area (Å²) in [7, 11) is 3.57. The van der Waals surface area contributed by atoms with Gasteiger partial charge in [-0.05, 0) is 37.6 Å². The summed E-state index contributed by atoms with van der Waals surface area (Å²) in [5, 5.41) is 13.1. The summed E-state index contributed by atoms with van der Waals surface area (Å²) in [6.07, 6.45) is 7.71. The van der Waals surface area contributed by atoms with Crippen LogP contribution in [0.1, 0.15) is 42.9 Å². The normalized spacial score (nSPS) is 14.9. The van der Waals surface area contributed by atoms with Gasteiger partial charge in [0.2, 0.25) is 11.8 Å². The van der Waals surface area contributed by atoms with Crippen molar-refractivity contribution < 1.29 is 9.59 Å². The van der Waals surface area contributed by atoms with Gasteiger partial charge < -0.3 is 16.0 Å². The number of halogens is 1. The van der Waals surface area contributed by atoms with Crippen LogP contribution in [-0.2, 0) is 23.2 Å². The molecule has 1 saturated carbocycles. The lowest BCUT2D eigenvalue weighted by Crippen LogP contribution is -2.35. The Hall–Kier alpha value is -2.38. The summed E-state index contributed by atoms with van der Waals surface area (Å²) in [5.41, 5.74) is 2.53. The van der Waals surface area contributed by atoms with Gasteiger partial charge in [-0.1, -0.05) is 25.0 Å². The molecular formula is C20H28ClN5O2. The zero-order valence-electron chi connectivity index (χ0n) is 16.3. The zero-order chi connectivity index (χ0) is 19.2. The Morgan fingerprint density at radius 1 is 1.29 bits per heavy atom. The van der Waals surface area contributed by atoms with Crippen LogP contribution in [0.15, 0.2) is 36.7 Å². The first-order valence-corrected chi connectivity index (χ1v) is 9.40. The van der Waals surface area contributed by atoms with E-state index in [1.54, 1.807) is 17.9 Å². The van der Waals surface area contributed by atoms with Crippen LogP contribution in [0.3, 0.4) is 0 Å². The molecule has 152 valence electrons. The van der Waals surface area contributed by atoms with E-state index in [0.29, 0.717) is 6.54 Å². The molecule has 7 nitrogen and oxygen atoms in total. The van der Waals surface area contributed by atoms with Crippen LogP contribution in [-0.4, -0.2) is 28.6 Å². The van der Waals surface area contributed by atoms with Crippen molar-refractivity contribution in [1.29, 1.82) is 0 Å². The van der Waals surface area contributed by atoms with Gasteiger partial charge in [0.1, 0.15) is 6.04 Å². The summed E-state index contributed by atoms with van der Waals surface area (Å²) < 4.78 is 1.67. The van der Waals surface area contributed by atoms with Gasteiger partial charge in [-0.25, -0.2) is 0 Å². The number of aromatic nitrogens is 2. The molecule has 1 fully saturated rings. The van der Waals surface area contributed by atoms with E-state index in [1.165, 1.54) is 0 Å². The van der Waals surface area contributed by atoms with Crippen molar-refractivity contribution in [2.45, 2.75) is 38.3 Å². The summed E-state index contributed by atoms with van der Waals surface area (Å²) in [4.78, 5) is 24.8. The van der Waals surface area contributed by atoms with Gasteiger partial charge in [0, 0.05) is 37.0 Å². The summed E-state index contributed by atoms with van der Waals surface area (Å²) in [6, 6.07) is 7.16. The van der Waals surface area contributed by atoms with Crippen molar-refractivity contribution in [3.63, 3.8) is 0 Å². The molecule has 2 aromatic rings. The van der Waals surface area contributed by atoms with Gasteiger partial charge in [-0.15, -0.1) is 12.4 Å². The second-order valence-corrected chi connectivity index (χ2v) is 7.06. The van der Waals surface area contributed by atoms with E-state index >= 15 is 0 Å². The molecule has 3 N–H and O–H groups in total. The van der Waals surface area contributed by atoms with Crippen LogP contribution in [0, 0.1) is 5.92 Å². The van der Waals surface area contributed by atoms with Gasteiger partial charge in [0.05, 0.1) is 6.20 Å². The minimum atomic E-state index is -0.455. The molecule has 0 aliphatic heterocycles. The highest BCUT2D eigenvalue weighted by atomic mass is 35.5. The van der Waals surface area contributed by atoms with Gasteiger partial charge in [-0.3, -0.25) is 14.3 Å². The maximum absolute atomic E-state index is 12.5. The standard InChI is InChI=1S/C20H27N5O2.ClH/c1-21-18(16-12-23-25(2)13-16)20(27)22-11-14-6-5-9-17(10-14)24-19(26)15-7-3-4-8-15;/h5-6,9-10,12-13,15,18,21H,3-4,7-8,11H2,1-2H3,(H,22,27)(H,24,26);1H. The maximum atomic E-state index is 12.5. The highest BCUT2D eigenvalue weighted by Gasteiger charge is 2.23. The predicted molar refractivity (Wildman–Crippen MR) is 111 cm³/mol. The Morgan fingerprint density at radius 2 is 2.04 bits per heavy atom. The van der Waals surface area contributed by atoms with Crippen LogP contribution in [0.4, 0.5) is 5.69 Å². The number of hydrogen-bond acceptors (Lipinski definition) is 4. The van der Waals surface area contributed by atoms with E-state index in [0.717, 1.165) is 42.5 Å². The monoisotopic (exact) mass is 405 g/mol. The molecule has 1 unspecified atom stereocenters. The third-order valence-electron chi connectivity index (χ3n) is 5.00. The van der Waals surface area contributed by atoms with Crippen molar-refractivity contribution in [2.75, 3.05) is 12.4 Å². The number of carbonyl (C=O) groups is 2. The van der Waals surface area contributed by atoms with Crippen molar-refractivity contribution in [3.05, 3.63) is 47.8 Å². The van der Waals surface area contributed by atoms with E-state index in [1.807, 2.05) is 37.5 Å². The highest BCUT2D eigenvalue weighted by molar-refractivity contribution is 5.92. The average Bonchev–Trinajstić information content (AvgIpc) is 3.33. The number of carbonyl (C=O) groups excluding carboxylic acids is 2. The van der Waals surface area contributed by atoms with Crippen molar-refractivity contribution in [2.24, 2.45) is 13.0 Å². The largest absolute Gasteiger partial charge is 0.350 e. The van der Waals surface area contributed by atoms with Crippen LogP contribution in [0.25, 0.3) is 0 Å². The molecule has 0 bridgehead atoms. The smallest absolute Gasteiger partial charge is 0.242 e. The van der Waals surface area contributed by atoms with Crippen LogP contribution < -0.4 is 16.0 Å². The molecule has 8 heteroatoms. The molecule has 3 rings (SSSR count). The molecule has 1 aliphatic carbocycles. The molecular weight excluding hydrogens is 378 g/mol. The Labute approximate surface area is 171 Å². The molecule has 0 spiro atoms. The Balaban J connectivity index is 0.00000280. The van der Waals surface area contributed by atoms with Crippen LogP contribution in [0.2, 0.25) is 0 Å². The van der Waals surface area contributed by atoms with E-state index in [9.17, 15) is 9.59 Å². The topological polar surface area (TPSA) is 88.1 Å². The first-order chi connectivity index (χ1) is 13.1. The number of aryl methyl sites for hydroxylation is 1. The van der Waals surface area contributed by atoms with Crippen molar-refractivity contribution in [1.82, 2.24) is 20.4 Å². The number of amides is 2. The van der Waals surface area contributed by atoms with Crippen molar-refractivity contribution in [3.8, 4) is 0 Å². The number of hydrogen-bond donors (Lipinski definition) is 3. The Kier molecular flexibility index (Phi) is 8.02. The minimum absolute atomic E-state index is 0. The maximum Gasteiger partial charge on any atom is 0.242 e. The molecule has 28 heavy (non-hydrogen) atoms. The van der Waals surface area contributed by atoms with Gasteiger partial charge in [0.25, 0.3) is 0 Å². The van der Waals surface area contributed by atoms with Gasteiger partial charge in [-0.2, -0.15) is 5.10 Å². The number of rotatable bonds is 7. The van der Waals surface area contributed by atoms with E-state index in [4.69, 9.17) is 0 Å². The SMILES string of the molecule is CNC(C(=O)NCc1cccc(NC(=O)C2CCCC2)c1)c1cnn(C)c1.Cl. The fourth-order valence-corrected chi connectivity index (χ4v) is 3.52. The number of benzene rings is 1. The third kappa shape index (κ3) is 5.56. The number of likely N-dealkylation sites (N-methyl/N-ethyl adjacent to an activating group) is 1. The Bertz CT molecular complexity index is 801. The molecule has 1 aromatic heterocycles. The summed E-state index contributed by atoms with van der Waals surface area (Å²) >= 11 is 0. The van der Waals surface area contributed by atoms with E-state index < -0.39 is 6.04 Å². The summed E-state index contributed by atoms with van der Waals surface area (Å²) in [6.45, 7) is 0.393. The number of nitrogens with one attached hydrogen (secondary N) is 3. The second-order valence-electron chi connectivity index (χ2n) is 7.06. The van der Waals surface area contributed by atoms with E-state index in [2.05, 4.69) is 21.0 Å². The second kappa shape index (κ2) is 10.2. The first-order valence-electron chi connectivity index (χ1n) is 9.40. The zero-order valence-corrected chi connectivity index (χ0v) is 17.1. The molecule has 2 amide bonds. The first kappa shape index (κ1) is 21.9. The molecule has 1 aromatic carbocycles. The van der Waals surface area contributed by atoms with Crippen LogP contribution >= 0.6 is 12.4 Å². The lowest BCUT2D eigenvalue weighted by atomic mass is 10.1. The predicted octanol–water partition coefficient (Wildman–Crippen LogP) is 2.55. The lowest BCUT2D eigenvalue weighted by molar-refractivity contribution is -0.123. The highest BCUT2D eigenvalue weighted by Crippen LogP contribution is 2.26. The minimum Gasteiger partial charge on any atom is -0.350 e. The van der Waals surface area contributed by atoms with Crippen molar-refractivity contribution >= 4 is 29.9 Å². The van der Waals surface area contributed by atoms with Gasteiger partial charge in [0.15, 0.2) is 0 Å². The number of nitrogens with zero attached hydrogens (tertiary/aromatic N) is 2. The van der Waals surface area contributed by atoms with Crippen LogP contribution in [0.5, 0.6) is 0 Å². The summed E-state index contributed by atoms with van der Waals surface area (Å²) in [5.74, 6) is 0.107. The fraction of sp³-hybridized carbons (Fsp3) is 0.450. The van der Waals surface area contributed by atoms with E-state index in [-0.39, 0.29) is 30.1 Å². The molecule has 0 radical (unpaired) electrons. The Morgan fingerprint density at radius 3 is 2.68 bits per heavy atom. The fourth-order valence-electron chi connectivity index (χ4n) is 3.52. The molecule has 1 heterocycles. The molecule has 0 saturated heterocycles. The van der Waals surface area contributed by atoms with Gasteiger partial charge >= 0.3 is 0 Å². The lowest BCUT2D eigenvalue weighted by Gasteiger charge is -2.15. The third-order valence-corrected chi connectivity index (χ3v) is 5.00. The molecule has 1 aliphatic rings. The average molecular weight is 406 g/mol.